The zero-order valence-corrected chi connectivity index (χ0v) is 16.3. The van der Waals surface area contributed by atoms with Gasteiger partial charge in [0, 0.05) is 32.1 Å². The van der Waals surface area contributed by atoms with E-state index in [2.05, 4.69) is 19.9 Å². The second-order valence-electron chi connectivity index (χ2n) is 7.39. The number of H-pyrrole nitrogens is 1. The second kappa shape index (κ2) is 9.02. The second-order valence-corrected chi connectivity index (χ2v) is 7.39. The summed E-state index contributed by atoms with van der Waals surface area (Å²) < 4.78 is 0. The van der Waals surface area contributed by atoms with E-state index >= 15 is 0 Å². The molecule has 0 aromatic carbocycles. The highest BCUT2D eigenvalue weighted by molar-refractivity contribution is 5.85. The summed E-state index contributed by atoms with van der Waals surface area (Å²) in [5.74, 6) is 1.73. The van der Waals surface area contributed by atoms with Crippen molar-refractivity contribution in [2.75, 3.05) is 19.6 Å². The van der Waals surface area contributed by atoms with Gasteiger partial charge in [0.05, 0.1) is 17.2 Å². The molecule has 0 unspecified atom stereocenters. The Balaban J connectivity index is 0.00000121. The molecule has 2 aromatic heterocycles. The van der Waals surface area contributed by atoms with Gasteiger partial charge in [0.2, 0.25) is 0 Å². The number of aromatic nitrogens is 3. The maximum atomic E-state index is 11.2. The summed E-state index contributed by atoms with van der Waals surface area (Å²) in [7, 11) is 0. The van der Waals surface area contributed by atoms with E-state index in [0.717, 1.165) is 48.7 Å². The number of hydrogen-bond acceptors (Lipinski definition) is 4. The van der Waals surface area contributed by atoms with Crippen LogP contribution in [0.2, 0.25) is 0 Å². The monoisotopic (exact) mass is 400 g/mol. The number of hydrogen-bond donors (Lipinski definition) is 2. The number of pyridine rings is 1. The lowest BCUT2D eigenvalue weighted by Crippen LogP contribution is -2.43. The van der Waals surface area contributed by atoms with Gasteiger partial charge in [-0.25, -0.2) is 4.98 Å². The van der Waals surface area contributed by atoms with Crippen LogP contribution >= 0.6 is 24.8 Å². The molecular weight excluding hydrogens is 375 g/mol. The van der Waals surface area contributed by atoms with E-state index in [4.69, 9.17) is 0 Å². The average Bonchev–Trinajstić information content (AvgIpc) is 3.26. The molecule has 8 heteroatoms. The number of carboxylic acids is 1. The number of likely N-dealkylation sites (tertiary alicyclic amines) is 1. The molecule has 0 bridgehead atoms. The van der Waals surface area contributed by atoms with Crippen LogP contribution in [0.4, 0.5) is 0 Å². The van der Waals surface area contributed by atoms with Gasteiger partial charge < -0.3 is 15.0 Å². The van der Waals surface area contributed by atoms with Crippen LogP contribution in [-0.2, 0) is 11.2 Å². The fourth-order valence-electron chi connectivity index (χ4n) is 3.97. The largest absolute Gasteiger partial charge is 0.481 e. The molecule has 0 spiro atoms. The molecule has 1 aliphatic carbocycles. The molecule has 2 N–H and O–H groups in total. The molecule has 1 saturated carbocycles. The quantitative estimate of drug-likeness (QED) is 0.777. The van der Waals surface area contributed by atoms with Gasteiger partial charge in [-0.15, -0.1) is 24.8 Å². The Bertz CT molecular complexity index is 702. The first kappa shape index (κ1) is 20.9. The van der Waals surface area contributed by atoms with Crippen LogP contribution in [0.5, 0.6) is 0 Å². The first-order chi connectivity index (χ1) is 11.7. The van der Waals surface area contributed by atoms with Crippen LogP contribution < -0.4 is 0 Å². The van der Waals surface area contributed by atoms with Crippen molar-refractivity contribution in [2.24, 2.45) is 17.8 Å². The van der Waals surface area contributed by atoms with Crippen LogP contribution in [-0.4, -0.2) is 50.6 Å². The predicted octanol–water partition coefficient (Wildman–Crippen LogP) is 3.17. The number of halogens is 2. The number of nitrogens with zero attached hydrogens (tertiary/aromatic N) is 3. The highest BCUT2D eigenvalue weighted by Gasteiger charge is 2.34. The van der Waals surface area contributed by atoms with Gasteiger partial charge in [-0.2, -0.15) is 0 Å². The number of fused-ring (bicyclic) bond motifs is 1. The Labute approximate surface area is 165 Å². The molecule has 144 valence electrons. The van der Waals surface area contributed by atoms with Gasteiger partial charge >= 0.3 is 5.97 Å². The molecule has 2 aliphatic rings. The van der Waals surface area contributed by atoms with E-state index in [0.29, 0.717) is 5.92 Å². The number of aliphatic carboxylic acids is 1. The van der Waals surface area contributed by atoms with Crippen molar-refractivity contribution in [1.29, 1.82) is 0 Å². The minimum absolute atomic E-state index is 0. The van der Waals surface area contributed by atoms with Crippen LogP contribution in [0, 0.1) is 17.8 Å². The van der Waals surface area contributed by atoms with E-state index in [-0.39, 0.29) is 37.2 Å². The lowest BCUT2D eigenvalue weighted by Gasteiger charge is -2.38. The molecule has 4 rings (SSSR count). The number of rotatable bonds is 6. The molecule has 3 heterocycles. The van der Waals surface area contributed by atoms with Gasteiger partial charge in [-0.1, -0.05) is 0 Å². The molecular formula is C18H26Cl2N4O2. The van der Waals surface area contributed by atoms with E-state index in [1.54, 1.807) is 12.4 Å². The molecule has 2 fully saturated rings. The third-order valence-corrected chi connectivity index (χ3v) is 5.41. The molecule has 6 nitrogen and oxygen atoms in total. The lowest BCUT2D eigenvalue weighted by atomic mass is 9.81. The molecule has 1 aliphatic heterocycles. The van der Waals surface area contributed by atoms with Gasteiger partial charge in [0.1, 0.15) is 5.82 Å². The zero-order valence-electron chi connectivity index (χ0n) is 14.6. The summed E-state index contributed by atoms with van der Waals surface area (Å²) in [6.45, 7) is 3.21. The van der Waals surface area contributed by atoms with Crippen molar-refractivity contribution in [1.82, 2.24) is 19.9 Å². The Morgan fingerprint density at radius 1 is 1.27 bits per heavy atom. The summed E-state index contributed by atoms with van der Waals surface area (Å²) in [4.78, 5) is 25.9. The molecule has 0 amide bonds. The topological polar surface area (TPSA) is 82.1 Å². The van der Waals surface area contributed by atoms with Crippen LogP contribution in [0.25, 0.3) is 11.0 Å². The highest BCUT2D eigenvalue weighted by atomic mass is 35.5. The Morgan fingerprint density at radius 2 is 2.08 bits per heavy atom. The number of piperidine rings is 1. The molecule has 26 heavy (non-hydrogen) atoms. The molecule has 2 aromatic rings. The fourth-order valence-corrected chi connectivity index (χ4v) is 3.97. The van der Waals surface area contributed by atoms with Crippen molar-refractivity contribution in [3.8, 4) is 0 Å². The van der Waals surface area contributed by atoms with Gasteiger partial charge in [0.15, 0.2) is 0 Å². The first-order valence-electron chi connectivity index (χ1n) is 8.90. The Morgan fingerprint density at radius 3 is 2.77 bits per heavy atom. The standard InChI is InChI=1S/C18H24N4O2.2ClH/c23-18(24)8-13-4-6-22(10-12-1-2-12)11-14(13)7-17-20-15-3-5-19-9-16(15)21-17;;/h3,5,9,12-14H,1-2,4,6-8,10-11H2,(H,20,21)(H,23,24);2*1H/t13-,14-;;/m0../s1. The average molecular weight is 401 g/mol. The van der Waals surface area contributed by atoms with Crippen LogP contribution in [0.1, 0.15) is 31.5 Å². The maximum absolute atomic E-state index is 11.2. The summed E-state index contributed by atoms with van der Waals surface area (Å²) >= 11 is 0. The maximum Gasteiger partial charge on any atom is 0.303 e. The number of aromatic amines is 1. The summed E-state index contributed by atoms with van der Waals surface area (Å²) in [5.41, 5.74) is 1.88. The number of nitrogens with one attached hydrogen (secondary N) is 1. The third-order valence-electron chi connectivity index (χ3n) is 5.41. The molecule has 1 saturated heterocycles. The smallest absolute Gasteiger partial charge is 0.303 e. The fraction of sp³-hybridized carbons (Fsp3) is 0.611. The molecule has 0 radical (unpaired) electrons. The lowest BCUT2D eigenvalue weighted by molar-refractivity contribution is -0.139. The Kier molecular flexibility index (Phi) is 7.26. The minimum atomic E-state index is -0.686. The number of carbonyl (C=O) groups is 1. The van der Waals surface area contributed by atoms with Crippen molar-refractivity contribution in [3.63, 3.8) is 0 Å². The minimum Gasteiger partial charge on any atom is -0.481 e. The molecule has 2 atom stereocenters. The van der Waals surface area contributed by atoms with Crippen LogP contribution in [0.3, 0.4) is 0 Å². The van der Waals surface area contributed by atoms with Crippen molar-refractivity contribution >= 4 is 41.8 Å². The predicted molar refractivity (Wildman–Crippen MR) is 105 cm³/mol. The van der Waals surface area contributed by atoms with E-state index < -0.39 is 5.97 Å². The van der Waals surface area contributed by atoms with Crippen molar-refractivity contribution in [2.45, 2.75) is 32.1 Å². The Hall–Kier alpha value is -1.37. The summed E-state index contributed by atoms with van der Waals surface area (Å²) in [5, 5.41) is 9.24. The number of carboxylic acid groups (broad SMARTS) is 1. The summed E-state index contributed by atoms with van der Waals surface area (Å²) in [6.07, 6.45) is 8.31. The van der Waals surface area contributed by atoms with Crippen molar-refractivity contribution < 1.29 is 9.90 Å². The van der Waals surface area contributed by atoms with Gasteiger partial charge in [-0.3, -0.25) is 9.78 Å². The van der Waals surface area contributed by atoms with E-state index in [1.165, 1.54) is 19.4 Å². The first-order valence-corrected chi connectivity index (χ1v) is 8.90. The third kappa shape index (κ3) is 5.09. The normalized spacial score (nSPS) is 23.2. The SMILES string of the molecule is Cl.Cl.O=C(O)C[C@@H]1CCN(CC2CC2)C[C@@H]1Cc1nc2ccncc2[nH]1. The van der Waals surface area contributed by atoms with Crippen molar-refractivity contribution in [3.05, 3.63) is 24.3 Å². The van der Waals surface area contributed by atoms with E-state index in [1.807, 2.05) is 6.07 Å². The van der Waals surface area contributed by atoms with Gasteiger partial charge in [0.25, 0.3) is 0 Å². The van der Waals surface area contributed by atoms with Crippen LogP contribution in [0.15, 0.2) is 18.5 Å². The highest BCUT2D eigenvalue weighted by Crippen LogP contribution is 2.34. The van der Waals surface area contributed by atoms with Gasteiger partial charge in [-0.05, 0) is 49.6 Å². The zero-order chi connectivity index (χ0) is 16.5. The van der Waals surface area contributed by atoms with E-state index in [9.17, 15) is 9.90 Å². The number of imidazole rings is 1. The summed E-state index contributed by atoms with van der Waals surface area (Å²) in [6, 6.07) is 1.91.